The molecule has 0 spiro atoms. The Hall–Kier alpha value is -2.10. The Kier molecular flexibility index (Phi) is 5.91. The van der Waals surface area contributed by atoms with Crippen molar-refractivity contribution in [3.05, 3.63) is 29.8 Å². The van der Waals surface area contributed by atoms with Gasteiger partial charge in [0.2, 0.25) is 0 Å². The number of sulfonamides is 1. The molecule has 2 amide bonds. The average molecular weight is 504 g/mol. The van der Waals surface area contributed by atoms with Crippen LogP contribution in [0.25, 0.3) is 10.1 Å². The van der Waals surface area contributed by atoms with Gasteiger partial charge in [-0.3, -0.25) is 4.90 Å². The number of amides is 2. The molecule has 5 rings (SSSR count). The monoisotopic (exact) mass is 503 g/mol. The molecule has 8 nitrogen and oxygen atoms in total. The van der Waals surface area contributed by atoms with Crippen molar-refractivity contribution in [3.63, 3.8) is 0 Å². The van der Waals surface area contributed by atoms with Crippen LogP contribution in [-0.4, -0.2) is 89.8 Å². The van der Waals surface area contributed by atoms with Crippen LogP contribution in [0.5, 0.6) is 0 Å². The standard InChI is InChI=1S/C22H25N5O3S3/c1-4-16-5-6-17-14-20(32-19(17)13-16)33(29,30)26-11-9-25(10-12-26)22(28)27-8-7-18-21(23-27)31-15(2)24(18)3/h1,5-6,13-15,18H,7-12H2,2-3H3. The van der Waals surface area contributed by atoms with Gasteiger partial charge in [0.25, 0.3) is 10.0 Å². The number of terminal acetylenes is 1. The van der Waals surface area contributed by atoms with Crippen LogP contribution in [0.2, 0.25) is 0 Å². The first-order valence-electron chi connectivity index (χ1n) is 10.8. The molecule has 1 aromatic carbocycles. The molecule has 0 saturated carbocycles. The number of rotatable bonds is 2. The quantitative estimate of drug-likeness (QED) is 0.589. The second-order valence-corrected chi connectivity index (χ2v) is 13.0. The number of benzene rings is 1. The van der Waals surface area contributed by atoms with E-state index in [0.29, 0.717) is 29.2 Å². The number of hydrogen-bond acceptors (Lipinski definition) is 7. The Morgan fingerprint density at radius 1 is 1.18 bits per heavy atom. The van der Waals surface area contributed by atoms with E-state index in [9.17, 15) is 13.2 Å². The molecule has 33 heavy (non-hydrogen) atoms. The lowest BCUT2D eigenvalue weighted by atomic mass is 10.2. The average Bonchev–Trinajstić information content (AvgIpc) is 3.39. The minimum Gasteiger partial charge on any atom is -0.321 e. The molecule has 2 fully saturated rings. The van der Waals surface area contributed by atoms with E-state index in [0.717, 1.165) is 27.1 Å². The van der Waals surface area contributed by atoms with Crippen LogP contribution in [0.4, 0.5) is 4.79 Å². The molecule has 0 radical (unpaired) electrons. The Balaban J connectivity index is 1.26. The third kappa shape index (κ3) is 4.04. The van der Waals surface area contributed by atoms with Crippen LogP contribution >= 0.6 is 23.1 Å². The van der Waals surface area contributed by atoms with E-state index in [1.807, 2.05) is 18.2 Å². The van der Waals surface area contributed by atoms with Crippen molar-refractivity contribution < 1.29 is 13.2 Å². The number of hydrogen-bond donors (Lipinski definition) is 0. The van der Waals surface area contributed by atoms with Gasteiger partial charge in [-0.1, -0.05) is 23.7 Å². The third-order valence-electron chi connectivity index (χ3n) is 6.46. The van der Waals surface area contributed by atoms with Crippen LogP contribution in [0.3, 0.4) is 0 Å². The summed E-state index contributed by atoms with van der Waals surface area (Å²) in [5.41, 5.74) is 0.727. The van der Waals surface area contributed by atoms with Gasteiger partial charge in [0.15, 0.2) is 0 Å². The summed E-state index contributed by atoms with van der Waals surface area (Å²) in [4.78, 5) is 17.0. The second kappa shape index (κ2) is 8.60. The number of nitrogens with zero attached hydrogens (tertiary/aromatic N) is 5. The zero-order valence-corrected chi connectivity index (χ0v) is 20.9. The van der Waals surface area contributed by atoms with Crippen molar-refractivity contribution in [2.24, 2.45) is 5.10 Å². The predicted octanol–water partition coefficient (Wildman–Crippen LogP) is 2.72. The Labute approximate surface area is 202 Å². The second-order valence-electron chi connectivity index (χ2n) is 8.38. The summed E-state index contributed by atoms with van der Waals surface area (Å²) >= 11 is 2.93. The van der Waals surface area contributed by atoms with E-state index in [2.05, 4.69) is 29.9 Å². The van der Waals surface area contributed by atoms with Crippen LogP contribution < -0.4 is 0 Å². The van der Waals surface area contributed by atoms with E-state index in [-0.39, 0.29) is 25.2 Å². The summed E-state index contributed by atoms with van der Waals surface area (Å²) < 4.78 is 29.1. The molecule has 174 valence electrons. The minimum absolute atomic E-state index is 0.149. The molecule has 2 atom stereocenters. The van der Waals surface area contributed by atoms with Crippen LogP contribution in [-0.2, 0) is 10.0 Å². The summed E-state index contributed by atoms with van der Waals surface area (Å²) in [6.45, 7) is 3.93. The van der Waals surface area contributed by atoms with Crippen molar-refractivity contribution in [2.45, 2.75) is 29.0 Å². The lowest BCUT2D eigenvalue weighted by Crippen LogP contribution is -2.54. The highest BCUT2D eigenvalue weighted by Gasteiger charge is 2.39. The molecular weight excluding hydrogens is 478 g/mol. The maximum Gasteiger partial charge on any atom is 0.340 e. The van der Waals surface area contributed by atoms with E-state index >= 15 is 0 Å². The van der Waals surface area contributed by atoms with Gasteiger partial charge in [0.05, 0.1) is 11.4 Å². The van der Waals surface area contributed by atoms with Crippen LogP contribution in [0, 0.1) is 12.3 Å². The smallest absolute Gasteiger partial charge is 0.321 e. The number of carbonyl (C=O) groups is 1. The number of thiophene rings is 1. The highest BCUT2D eigenvalue weighted by Crippen LogP contribution is 2.35. The highest BCUT2D eigenvalue weighted by atomic mass is 32.2. The van der Waals surface area contributed by atoms with Gasteiger partial charge in [-0.2, -0.15) is 9.41 Å². The maximum atomic E-state index is 13.2. The number of piperazine rings is 1. The minimum atomic E-state index is -3.63. The Bertz CT molecular complexity index is 1270. The van der Waals surface area contributed by atoms with Crippen molar-refractivity contribution >= 4 is 54.3 Å². The van der Waals surface area contributed by atoms with E-state index in [4.69, 9.17) is 6.42 Å². The van der Waals surface area contributed by atoms with E-state index in [1.54, 1.807) is 27.7 Å². The fourth-order valence-electron chi connectivity index (χ4n) is 4.37. The van der Waals surface area contributed by atoms with Gasteiger partial charge in [-0.15, -0.1) is 17.8 Å². The molecule has 2 aromatic rings. The van der Waals surface area contributed by atoms with Gasteiger partial charge in [0.1, 0.15) is 9.25 Å². The SMILES string of the molecule is C#Cc1ccc2cc(S(=O)(=O)N3CCN(C(=O)N4CCC5C(=N4)SC(C)N5C)CC3)sc2c1. The van der Waals surface area contributed by atoms with Crippen molar-refractivity contribution in [1.82, 2.24) is 19.1 Å². The summed E-state index contributed by atoms with van der Waals surface area (Å²) in [5, 5.41) is 8.36. The number of hydrazone groups is 1. The summed E-state index contributed by atoms with van der Waals surface area (Å²) in [6, 6.07) is 7.33. The van der Waals surface area contributed by atoms with Gasteiger partial charge in [-0.25, -0.2) is 18.2 Å². The summed E-state index contributed by atoms with van der Waals surface area (Å²) in [5.74, 6) is 2.58. The first-order valence-corrected chi connectivity index (χ1v) is 14.0. The molecule has 3 aliphatic heterocycles. The summed E-state index contributed by atoms with van der Waals surface area (Å²) in [6.07, 6.45) is 6.32. The van der Waals surface area contributed by atoms with Crippen molar-refractivity contribution in [2.75, 3.05) is 39.8 Å². The third-order valence-corrected chi connectivity index (χ3v) is 11.2. The number of carbonyl (C=O) groups excluding carboxylic acids is 1. The molecule has 0 bridgehead atoms. The topological polar surface area (TPSA) is 76.5 Å². The fraction of sp³-hybridized carbons (Fsp3) is 0.455. The molecule has 3 aliphatic rings. The predicted molar refractivity (Wildman–Crippen MR) is 133 cm³/mol. The zero-order chi connectivity index (χ0) is 23.3. The summed E-state index contributed by atoms with van der Waals surface area (Å²) in [7, 11) is -1.54. The number of thioether (sulfide) groups is 1. The van der Waals surface area contributed by atoms with E-state index in [1.165, 1.54) is 15.6 Å². The van der Waals surface area contributed by atoms with Crippen LogP contribution in [0.1, 0.15) is 18.9 Å². The molecule has 2 unspecified atom stereocenters. The molecule has 0 N–H and O–H groups in total. The lowest BCUT2D eigenvalue weighted by molar-refractivity contribution is 0.128. The first-order chi connectivity index (χ1) is 15.8. The van der Waals surface area contributed by atoms with Gasteiger partial charge in [-0.05, 0) is 44.0 Å². The van der Waals surface area contributed by atoms with Gasteiger partial charge in [0, 0.05) is 43.0 Å². The first kappa shape index (κ1) is 22.7. The normalized spacial score (nSPS) is 24.6. The molecule has 1 aromatic heterocycles. The van der Waals surface area contributed by atoms with Crippen molar-refractivity contribution in [3.8, 4) is 12.3 Å². The number of urea groups is 1. The van der Waals surface area contributed by atoms with Crippen LogP contribution in [0.15, 0.2) is 33.6 Å². The lowest BCUT2D eigenvalue weighted by Gasteiger charge is -2.37. The maximum absolute atomic E-state index is 13.2. The zero-order valence-electron chi connectivity index (χ0n) is 18.5. The van der Waals surface area contributed by atoms with Gasteiger partial charge >= 0.3 is 6.03 Å². The molecule has 2 saturated heterocycles. The Morgan fingerprint density at radius 2 is 1.94 bits per heavy atom. The molecular formula is C22H25N5O3S3. The molecule has 11 heteroatoms. The Morgan fingerprint density at radius 3 is 2.67 bits per heavy atom. The molecule has 4 heterocycles. The van der Waals surface area contributed by atoms with Crippen molar-refractivity contribution in [1.29, 1.82) is 0 Å². The van der Waals surface area contributed by atoms with E-state index < -0.39 is 10.0 Å². The fourth-order valence-corrected chi connectivity index (χ4v) is 8.63. The molecule has 0 aliphatic carbocycles. The highest BCUT2D eigenvalue weighted by molar-refractivity contribution is 8.14. The number of fused-ring (bicyclic) bond motifs is 2. The van der Waals surface area contributed by atoms with Gasteiger partial charge < -0.3 is 4.90 Å². The largest absolute Gasteiger partial charge is 0.340 e.